The summed E-state index contributed by atoms with van der Waals surface area (Å²) in [6, 6.07) is 20.5. The summed E-state index contributed by atoms with van der Waals surface area (Å²) >= 11 is 0. The van der Waals surface area contributed by atoms with E-state index in [-0.39, 0.29) is 22.6 Å². The van der Waals surface area contributed by atoms with Gasteiger partial charge in [-0.15, -0.1) is 0 Å². The van der Waals surface area contributed by atoms with Crippen LogP contribution in [0, 0.1) is 23.3 Å². The van der Waals surface area contributed by atoms with Crippen LogP contribution in [0.1, 0.15) is 48.2 Å². The lowest BCUT2D eigenvalue weighted by molar-refractivity contribution is 0.0686. The van der Waals surface area contributed by atoms with Crippen LogP contribution in [0.25, 0.3) is 10.4 Å². The molecule has 0 aromatic heterocycles. The number of carbonyl (C=O) groups is 1. The first-order valence-corrected chi connectivity index (χ1v) is 20.5. The number of aromatic carboxylic acids is 1. The summed E-state index contributed by atoms with van der Waals surface area (Å²) in [5.74, 6) is -6.82. The molecule has 53 heavy (non-hydrogen) atoms. The van der Waals surface area contributed by atoms with Gasteiger partial charge in [0.1, 0.15) is 40.2 Å². The number of carboxylic acids is 1. The topological polar surface area (TPSA) is 216 Å². The highest BCUT2D eigenvalue weighted by molar-refractivity contribution is 7.90. The molecule has 0 radical (unpaired) electrons. The Kier molecular flexibility index (Phi) is 16.8. The Morgan fingerprint density at radius 1 is 0.755 bits per heavy atom. The molecule has 0 amide bonds. The maximum absolute atomic E-state index is 13.7. The van der Waals surface area contributed by atoms with Crippen molar-refractivity contribution < 1.29 is 57.9 Å². The fraction of sp³-hybridized carbons (Fsp3) is 0.242. The number of nitrogens with zero attached hydrogens (tertiary/aromatic N) is 3. The highest BCUT2D eigenvalue weighted by atomic mass is 32.2. The number of azide groups is 1. The molecule has 0 aliphatic rings. The summed E-state index contributed by atoms with van der Waals surface area (Å²) in [5, 5.41) is 8.64. The molecule has 4 rings (SSSR count). The molecule has 20 heteroatoms. The van der Waals surface area contributed by atoms with Crippen LogP contribution in [0.4, 0.5) is 23.2 Å². The second kappa shape index (κ2) is 20.2. The van der Waals surface area contributed by atoms with Crippen LogP contribution >= 0.6 is 7.75 Å². The van der Waals surface area contributed by atoms with Crippen molar-refractivity contribution >= 4 is 39.1 Å². The number of para-hydroxylation sites is 2. The molecular formula is C33H35F4N4O9PS2. The Morgan fingerprint density at radius 2 is 1.17 bits per heavy atom. The normalized spacial score (nSPS) is 11.1. The fourth-order valence-electron chi connectivity index (χ4n) is 4.20. The molecule has 0 heterocycles. The van der Waals surface area contributed by atoms with Gasteiger partial charge < -0.3 is 19.9 Å². The third-order valence-corrected chi connectivity index (χ3v) is 11.2. The molecule has 3 N–H and O–H groups in total. The van der Waals surface area contributed by atoms with E-state index >= 15 is 0 Å². The Labute approximate surface area is 303 Å². The molecular weight excluding hydrogens is 767 g/mol. The zero-order valence-corrected chi connectivity index (χ0v) is 30.8. The van der Waals surface area contributed by atoms with Crippen molar-refractivity contribution in [2.75, 3.05) is 17.2 Å². The van der Waals surface area contributed by atoms with Crippen molar-refractivity contribution in [2.24, 2.45) is 4.88 Å². The minimum absolute atomic E-state index is 0.0241. The highest BCUT2D eigenvalue weighted by Crippen LogP contribution is 2.50. The molecule has 4 aromatic rings. The van der Waals surface area contributed by atoms with E-state index in [4.69, 9.17) is 25.4 Å². The summed E-state index contributed by atoms with van der Waals surface area (Å²) in [6.45, 7) is 3.37. The van der Waals surface area contributed by atoms with Gasteiger partial charge in [0, 0.05) is 20.9 Å². The first kappa shape index (κ1) is 44.1. The van der Waals surface area contributed by atoms with Crippen molar-refractivity contribution in [1.29, 1.82) is 0 Å². The summed E-state index contributed by atoms with van der Waals surface area (Å²) in [5.41, 5.74) is 11.4. The Morgan fingerprint density at radius 3 is 1.57 bits per heavy atom. The number of benzene rings is 4. The number of anilines is 1. The zero-order chi connectivity index (χ0) is 39.8. The number of nitrogens with two attached hydrogens (primary N) is 1. The van der Waals surface area contributed by atoms with E-state index in [9.17, 15) is 43.8 Å². The molecule has 0 aliphatic carbocycles. The molecule has 0 saturated carbocycles. The van der Waals surface area contributed by atoms with E-state index in [0.29, 0.717) is 24.3 Å². The minimum Gasteiger partial charge on any atom is -0.477 e. The maximum atomic E-state index is 13.7. The van der Waals surface area contributed by atoms with Crippen LogP contribution in [-0.2, 0) is 35.7 Å². The first-order valence-electron chi connectivity index (χ1n) is 15.4. The molecule has 0 spiro atoms. The van der Waals surface area contributed by atoms with Crippen molar-refractivity contribution in [3.8, 4) is 11.5 Å². The largest absolute Gasteiger partial charge is 0.525 e. The van der Waals surface area contributed by atoms with Crippen molar-refractivity contribution in [2.45, 2.75) is 38.2 Å². The Bertz CT molecular complexity index is 2130. The van der Waals surface area contributed by atoms with Gasteiger partial charge in [-0.25, -0.2) is 43.8 Å². The molecule has 0 aliphatic heterocycles. The molecule has 4 aromatic carbocycles. The van der Waals surface area contributed by atoms with Crippen molar-refractivity contribution in [1.82, 2.24) is 0 Å². The van der Waals surface area contributed by atoms with Gasteiger partial charge in [0.15, 0.2) is 25.5 Å². The monoisotopic (exact) mass is 802 g/mol. The van der Waals surface area contributed by atoms with Gasteiger partial charge in [-0.3, -0.25) is 0 Å². The molecule has 13 nitrogen and oxygen atoms in total. The SMILES string of the molecule is CCCS(=O)(=O)Cc1ccc(F)c(C(=O)O)c1F.CCCS(=O)(=O)Cc1ccc(F)c(N)c1F.[N-]=[N+]=NP(=O)(Oc1ccccc1)Oc1ccccc1. The fourth-order valence-corrected chi connectivity index (χ4v) is 8.11. The molecule has 286 valence electrons. The molecule has 0 saturated heterocycles. The van der Waals surface area contributed by atoms with Crippen molar-refractivity contribution in [3.63, 3.8) is 0 Å². The first-order chi connectivity index (χ1) is 24.9. The number of hydrogen-bond donors (Lipinski definition) is 2. The number of carboxylic acid groups (broad SMARTS) is 1. The van der Waals surface area contributed by atoms with Gasteiger partial charge in [-0.2, -0.15) is 0 Å². The van der Waals surface area contributed by atoms with Gasteiger partial charge in [0.25, 0.3) is 0 Å². The molecule has 0 fully saturated rings. The summed E-state index contributed by atoms with van der Waals surface area (Å²) in [6.07, 6.45) is 0.831. The Hall–Kier alpha value is -5.09. The Balaban J connectivity index is 0.000000276. The van der Waals surface area contributed by atoms with Crippen LogP contribution in [0.15, 0.2) is 89.8 Å². The minimum atomic E-state index is -3.95. The lowest BCUT2D eigenvalue weighted by atomic mass is 10.1. The van der Waals surface area contributed by atoms with Gasteiger partial charge in [0.2, 0.25) is 0 Å². The van der Waals surface area contributed by atoms with E-state index in [1.807, 2.05) is 0 Å². The maximum Gasteiger partial charge on any atom is 0.525 e. The van der Waals surface area contributed by atoms with Crippen LogP contribution < -0.4 is 14.8 Å². The predicted molar refractivity (Wildman–Crippen MR) is 191 cm³/mol. The lowest BCUT2D eigenvalue weighted by Crippen LogP contribution is -2.13. The molecule has 0 atom stereocenters. The van der Waals surface area contributed by atoms with E-state index in [0.717, 1.165) is 24.3 Å². The van der Waals surface area contributed by atoms with Crippen LogP contribution in [0.2, 0.25) is 0 Å². The van der Waals surface area contributed by atoms with Crippen LogP contribution in [0.3, 0.4) is 0 Å². The molecule has 0 bridgehead atoms. The van der Waals surface area contributed by atoms with Crippen LogP contribution in [-0.4, -0.2) is 39.4 Å². The van der Waals surface area contributed by atoms with E-state index in [2.05, 4.69) is 9.80 Å². The number of nitrogen functional groups attached to an aromatic ring is 1. The lowest BCUT2D eigenvalue weighted by Gasteiger charge is -2.14. The number of hydrogen-bond acceptors (Lipinski definition) is 9. The van der Waals surface area contributed by atoms with Crippen molar-refractivity contribution in [3.05, 3.63) is 135 Å². The third kappa shape index (κ3) is 14.5. The summed E-state index contributed by atoms with van der Waals surface area (Å²) in [7, 11) is -10.8. The van der Waals surface area contributed by atoms with Gasteiger partial charge >= 0.3 is 13.7 Å². The van der Waals surface area contributed by atoms with Gasteiger partial charge in [0.05, 0.1) is 23.0 Å². The number of rotatable bonds is 14. The van der Waals surface area contributed by atoms with Crippen LogP contribution in [0.5, 0.6) is 11.5 Å². The smallest absolute Gasteiger partial charge is 0.477 e. The van der Waals surface area contributed by atoms with Gasteiger partial charge in [-0.05, 0) is 54.8 Å². The second-order valence-corrected chi connectivity index (χ2v) is 16.6. The van der Waals surface area contributed by atoms with E-state index in [1.165, 1.54) is 0 Å². The summed E-state index contributed by atoms with van der Waals surface area (Å²) < 4.78 is 122. The van der Waals surface area contributed by atoms with E-state index in [1.54, 1.807) is 74.5 Å². The predicted octanol–water partition coefficient (Wildman–Crippen LogP) is 8.42. The summed E-state index contributed by atoms with van der Waals surface area (Å²) in [4.78, 5) is 16.3. The second-order valence-electron chi connectivity index (χ2n) is 10.8. The standard InChI is InChI=1S/C12H10N3O3P.C11H12F2O4S.C10H13F2NO2S/c13-14-15-19(16,17-11-7-3-1-4-8-11)18-12-9-5-2-6-10-12;1-2-5-18(16,17)6-7-3-4-8(12)9(10(7)13)11(14)15;1-2-5-16(14,15)6-7-3-4-8(11)10(13)9(7)12/h1-10H;3-4H,2,5-6H2,1H3,(H,14,15);3-4H,2,5-6,13H2,1H3. The highest BCUT2D eigenvalue weighted by Gasteiger charge is 2.27. The average molecular weight is 803 g/mol. The quantitative estimate of drug-likeness (QED) is 0.0310. The number of halogens is 4. The van der Waals surface area contributed by atoms with E-state index < -0.39 is 79.4 Å². The third-order valence-electron chi connectivity index (χ3n) is 6.45. The van der Waals surface area contributed by atoms with Gasteiger partial charge in [-0.1, -0.05) is 62.4 Å². The number of sulfone groups is 2. The molecule has 0 unspecified atom stereocenters. The zero-order valence-electron chi connectivity index (χ0n) is 28.2. The average Bonchev–Trinajstić information content (AvgIpc) is 3.07.